The lowest BCUT2D eigenvalue weighted by Crippen LogP contribution is -2.26. The normalized spacial score (nSPS) is 24.0. The fraction of sp³-hybridized carbons (Fsp3) is 0.556. The average molecular weight is 261 g/mol. The van der Waals surface area contributed by atoms with Gasteiger partial charge in [0.15, 0.2) is 0 Å². The number of nitrogens with zero attached hydrogens (tertiary/aromatic N) is 1. The molecule has 1 fully saturated rings. The van der Waals surface area contributed by atoms with Gasteiger partial charge in [-0.15, -0.1) is 11.3 Å². The van der Waals surface area contributed by atoms with E-state index in [2.05, 4.69) is 32.3 Å². The Kier molecular flexibility index (Phi) is 3.03. The van der Waals surface area contributed by atoms with Crippen LogP contribution in [0.3, 0.4) is 0 Å². The molecule has 1 saturated heterocycles. The van der Waals surface area contributed by atoms with E-state index < -0.39 is 0 Å². The monoisotopic (exact) mass is 260 g/mol. The SMILES string of the molecule is N[C@H]1CCN(Cc2ccsc2Br)C1. The van der Waals surface area contributed by atoms with Crippen LogP contribution in [-0.2, 0) is 6.54 Å². The van der Waals surface area contributed by atoms with Gasteiger partial charge in [-0.3, -0.25) is 4.90 Å². The van der Waals surface area contributed by atoms with E-state index in [1.807, 2.05) is 0 Å². The van der Waals surface area contributed by atoms with Crippen LogP contribution in [0.15, 0.2) is 15.2 Å². The molecule has 1 aromatic rings. The Morgan fingerprint density at radius 3 is 3.08 bits per heavy atom. The number of thiophene rings is 1. The van der Waals surface area contributed by atoms with Crippen molar-refractivity contribution in [3.05, 3.63) is 20.8 Å². The molecular formula is C9H13BrN2S. The highest BCUT2D eigenvalue weighted by molar-refractivity contribution is 9.11. The van der Waals surface area contributed by atoms with E-state index in [0.717, 1.165) is 26.1 Å². The first-order valence-electron chi connectivity index (χ1n) is 4.45. The second-order valence-corrected chi connectivity index (χ2v) is 5.74. The highest BCUT2D eigenvalue weighted by atomic mass is 79.9. The third kappa shape index (κ3) is 2.31. The minimum Gasteiger partial charge on any atom is -0.326 e. The predicted molar refractivity (Wildman–Crippen MR) is 59.9 cm³/mol. The van der Waals surface area contributed by atoms with Gasteiger partial charge in [0.1, 0.15) is 0 Å². The Bertz CT molecular complexity index is 287. The lowest BCUT2D eigenvalue weighted by atomic mass is 10.3. The van der Waals surface area contributed by atoms with Crippen LogP contribution in [0.4, 0.5) is 0 Å². The summed E-state index contributed by atoms with van der Waals surface area (Å²) in [7, 11) is 0. The Labute approximate surface area is 90.9 Å². The number of nitrogens with two attached hydrogens (primary N) is 1. The summed E-state index contributed by atoms with van der Waals surface area (Å²) in [5.74, 6) is 0. The first kappa shape index (κ1) is 9.65. The van der Waals surface area contributed by atoms with Gasteiger partial charge in [0.2, 0.25) is 0 Å². The molecule has 0 saturated carbocycles. The predicted octanol–water partition coefficient (Wildman–Crippen LogP) is 2.04. The van der Waals surface area contributed by atoms with Crippen molar-refractivity contribution in [2.75, 3.05) is 13.1 Å². The van der Waals surface area contributed by atoms with Crippen molar-refractivity contribution >= 4 is 27.3 Å². The van der Waals surface area contributed by atoms with E-state index in [-0.39, 0.29) is 0 Å². The number of rotatable bonds is 2. The number of hydrogen-bond acceptors (Lipinski definition) is 3. The summed E-state index contributed by atoms with van der Waals surface area (Å²) in [6.07, 6.45) is 1.14. The van der Waals surface area contributed by atoms with Gasteiger partial charge in [-0.1, -0.05) is 0 Å². The van der Waals surface area contributed by atoms with Crippen LogP contribution in [0, 0.1) is 0 Å². The molecule has 1 atom stereocenters. The molecule has 2 rings (SSSR count). The molecule has 2 N–H and O–H groups in total. The van der Waals surface area contributed by atoms with Crippen molar-refractivity contribution < 1.29 is 0 Å². The molecule has 0 unspecified atom stereocenters. The summed E-state index contributed by atoms with van der Waals surface area (Å²) in [6, 6.07) is 2.57. The molecule has 1 aliphatic rings. The summed E-state index contributed by atoms with van der Waals surface area (Å²) < 4.78 is 1.26. The molecule has 0 spiro atoms. The Morgan fingerprint density at radius 1 is 1.69 bits per heavy atom. The third-order valence-corrected chi connectivity index (χ3v) is 4.21. The van der Waals surface area contributed by atoms with Crippen LogP contribution < -0.4 is 5.73 Å². The maximum atomic E-state index is 5.84. The van der Waals surface area contributed by atoms with Crippen molar-refractivity contribution in [1.29, 1.82) is 0 Å². The van der Waals surface area contributed by atoms with Crippen molar-refractivity contribution in [3.8, 4) is 0 Å². The van der Waals surface area contributed by atoms with E-state index in [0.29, 0.717) is 6.04 Å². The fourth-order valence-corrected chi connectivity index (χ4v) is 2.90. The standard InChI is InChI=1S/C9H13BrN2S/c10-9-7(2-4-13-9)5-12-3-1-8(11)6-12/h2,4,8H,1,3,5-6,11H2/t8-/m0/s1. The summed E-state index contributed by atoms with van der Waals surface area (Å²) >= 11 is 5.30. The van der Waals surface area contributed by atoms with Crippen molar-refractivity contribution in [2.45, 2.75) is 19.0 Å². The van der Waals surface area contributed by atoms with Gasteiger partial charge in [0, 0.05) is 25.7 Å². The van der Waals surface area contributed by atoms with Gasteiger partial charge in [0.05, 0.1) is 3.79 Å². The summed E-state index contributed by atoms with van der Waals surface area (Å²) in [6.45, 7) is 3.23. The van der Waals surface area contributed by atoms with Crippen LogP contribution in [0.1, 0.15) is 12.0 Å². The molecule has 0 bridgehead atoms. The topological polar surface area (TPSA) is 29.3 Å². The van der Waals surface area contributed by atoms with Crippen LogP contribution in [0.5, 0.6) is 0 Å². The quantitative estimate of drug-likeness (QED) is 0.882. The van der Waals surface area contributed by atoms with E-state index in [1.165, 1.54) is 9.35 Å². The average Bonchev–Trinajstić information content (AvgIpc) is 2.64. The number of likely N-dealkylation sites (tertiary alicyclic amines) is 1. The van der Waals surface area contributed by atoms with E-state index in [1.54, 1.807) is 11.3 Å². The summed E-state index contributed by atoms with van der Waals surface area (Å²) in [5, 5.41) is 2.12. The van der Waals surface area contributed by atoms with Crippen LogP contribution >= 0.6 is 27.3 Å². The Balaban J connectivity index is 1.95. The molecule has 1 aromatic heterocycles. The fourth-order valence-electron chi connectivity index (χ4n) is 1.68. The van der Waals surface area contributed by atoms with Crippen LogP contribution in [0.25, 0.3) is 0 Å². The molecule has 0 amide bonds. The minimum atomic E-state index is 0.386. The second-order valence-electron chi connectivity index (χ2n) is 3.50. The van der Waals surface area contributed by atoms with Crippen molar-refractivity contribution in [3.63, 3.8) is 0 Å². The zero-order chi connectivity index (χ0) is 9.26. The molecule has 4 heteroatoms. The maximum Gasteiger partial charge on any atom is 0.0743 e. The lowest BCUT2D eigenvalue weighted by Gasteiger charge is -2.14. The third-order valence-electron chi connectivity index (χ3n) is 2.40. The van der Waals surface area contributed by atoms with Gasteiger partial charge in [0.25, 0.3) is 0 Å². The largest absolute Gasteiger partial charge is 0.326 e. The van der Waals surface area contributed by atoms with Gasteiger partial charge in [-0.05, 0) is 39.4 Å². The second kappa shape index (κ2) is 4.09. The smallest absolute Gasteiger partial charge is 0.0743 e. The van der Waals surface area contributed by atoms with Gasteiger partial charge >= 0.3 is 0 Å². The molecule has 0 radical (unpaired) electrons. The van der Waals surface area contributed by atoms with Crippen molar-refractivity contribution in [2.24, 2.45) is 5.73 Å². The molecule has 13 heavy (non-hydrogen) atoms. The van der Waals surface area contributed by atoms with Crippen LogP contribution in [0.2, 0.25) is 0 Å². The highest BCUT2D eigenvalue weighted by Crippen LogP contribution is 2.25. The summed E-state index contributed by atoms with van der Waals surface area (Å²) in [5.41, 5.74) is 7.23. The number of halogens is 1. The summed E-state index contributed by atoms with van der Waals surface area (Å²) in [4.78, 5) is 2.41. The van der Waals surface area contributed by atoms with E-state index >= 15 is 0 Å². The molecule has 2 heterocycles. The van der Waals surface area contributed by atoms with Crippen molar-refractivity contribution in [1.82, 2.24) is 4.90 Å². The van der Waals surface area contributed by atoms with E-state index in [9.17, 15) is 0 Å². The zero-order valence-corrected chi connectivity index (χ0v) is 9.77. The lowest BCUT2D eigenvalue weighted by molar-refractivity contribution is 0.327. The highest BCUT2D eigenvalue weighted by Gasteiger charge is 2.19. The van der Waals surface area contributed by atoms with Gasteiger partial charge in [-0.2, -0.15) is 0 Å². The molecule has 2 nitrogen and oxygen atoms in total. The Hall–Kier alpha value is 0.100. The molecule has 0 aromatic carbocycles. The van der Waals surface area contributed by atoms with Crippen LogP contribution in [-0.4, -0.2) is 24.0 Å². The van der Waals surface area contributed by atoms with Gasteiger partial charge < -0.3 is 5.73 Å². The van der Waals surface area contributed by atoms with Gasteiger partial charge in [-0.25, -0.2) is 0 Å². The zero-order valence-electron chi connectivity index (χ0n) is 7.37. The first-order valence-corrected chi connectivity index (χ1v) is 6.13. The Morgan fingerprint density at radius 2 is 2.54 bits per heavy atom. The first-order chi connectivity index (χ1) is 6.25. The molecular weight excluding hydrogens is 248 g/mol. The number of hydrogen-bond donors (Lipinski definition) is 1. The molecule has 1 aliphatic heterocycles. The maximum absolute atomic E-state index is 5.84. The minimum absolute atomic E-state index is 0.386. The van der Waals surface area contributed by atoms with E-state index in [4.69, 9.17) is 5.73 Å². The molecule has 0 aliphatic carbocycles. The molecule has 72 valence electrons.